The fourth-order valence-corrected chi connectivity index (χ4v) is 2.52. The maximum absolute atomic E-state index is 6.03. The number of hydrogen-bond donors (Lipinski definition) is 2. The van der Waals surface area contributed by atoms with E-state index in [9.17, 15) is 0 Å². The number of nitrogens with zero attached hydrogens (tertiary/aromatic N) is 3. The number of rotatable bonds is 4. The van der Waals surface area contributed by atoms with Crippen LogP contribution in [0.4, 0.5) is 17.2 Å². The molecule has 3 heterocycles. The minimum absolute atomic E-state index is 0.313. The number of pyridine rings is 2. The number of nitrogens with one attached hydrogen (secondary N) is 1. The molecule has 3 N–H and O–H groups in total. The maximum Gasteiger partial charge on any atom is 0.131 e. The normalized spacial score (nSPS) is 18.2. The predicted molar refractivity (Wildman–Crippen MR) is 87.8 cm³/mol. The van der Waals surface area contributed by atoms with Gasteiger partial charge in [0, 0.05) is 18.8 Å². The van der Waals surface area contributed by atoms with Crippen LogP contribution in [0.1, 0.15) is 12.6 Å². The van der Waals surface area contributed by atoms with Gasteiger partial charge in [0.25, 0.3) is 0 Å². The lowest BCUT2D eigenvalue weighted by atomic mass is 10.2. The Labute approximate surface area is 130 Å². The molecule has 0 radical (unpaired) electrons. The van der Waals surface area contributed by atoms with Crippen LogP contribution in [0, 0.1) is 0 Å². The van der Waals surface area contributed by atoms with E-state index < -0.39 is 0 Å². The zero-order valence-electron chi connectivity index (χ0n) is 12.7. The summed E-state index contributed by atoms with van der Waals surface area (Å²) in [5, 5.41) is 3.34. The first-order valence-corrected chi connectivity index (χ1v) is 7.48. The maximum atomic E-state index is 6.03. The fraction of sp³-hybridized carbons (Fsp3) is 0.375. The van der Waals surface area contributed by atoms with Crippen molar-refractivity contribution in [1.29, 1.82) is 0 Å². The Morgan fingerprint density at radius 3 is 3.09 bits per heavy atom. The molecular formula is C16H21N5O. The molecule has 0 aromatic carbocycles. The van der Waals surface area contributed by atoms with E-state index in [1.54, 1.807) is 12.4 Å². The molecule has 1 saturated heterocycles. The Balaban J connectivity index is 1.75. The number of anilines is 3. The summed E-state index contributed by atoms with van der Waals surface area (Å²) < 4.78 is 5.47. The first-order chi connectivity index (χ1) is 10.7. The molecule has 3 rings (SSSR count). The van der Waals surface area contributed by atoms with Gasteiger partial charge in [-0.3, -0.25) is 4.98 Å². The van der Waals surface area contributed by atoms with Crippen LogP contribution >= 0.6 is 0 Å². The first-order valence-electron chi connectivity index (χ1n) is 7.48. The van der Waals surface area contributed by atoms with Gasteiger partial charge < -0.3 is 20.7 Å². The Bertz CT molecular complexity index is 619. The highest BCUT2D eigenvalue weighted by Crippen LogP contribution is 2.25. The number of hydrogen-bond acceptors (Lipinski definition) is 6. The van der Waals surface area contributed by atoms with E-state index in [4.69, 9.17) is 10.5 Å². The standard InChI is InChI=1S/C16H21N5O/c1-12-11-22-7-6-21(12)16-8-15(14(17)10-20-16)19-9-13-4-2-3-5-18-13/h2-5,8,10,12H,6-7,9,11,17H2,1H3,(H,19,20). The van der Waals surface area contributed by atoms with Crippen molar-refractivity contribution in [2.45, 2.75) is 19.5 Å². The second-order valence-electron chi connectivity index (χ2n) is 5.42. The second-order valence-corrected chi connectivity index (χ2v) is 5.42. The SMILES string of the molecule is CC1COCCN1c1cc(NCc2ccccn2)c(N)cn1. The van der Waals surface area contributed by atoms with Crippen molar-refractivity contribution in [3.05, 3.63) is 42.4 Å². The molecule has 116 valence electrons. The Morgan fingerprint density at radius 1 is 1.41 bits per heavy atom. The van der Waals surface area contributed by atoms with Gasteiger partial charge in [0.1, 0.15) is 5.82 Å². The second kappa shape index (κ2) is 6.62. The zero-order chi connectivity index (χ0) is 15.4. The third-order valence-electron chi connectivity index (χ3n) is 3.77. The summed E-state index contributed by atoms with van der Waals surface area (Å²) in [5.41, 5.74) is 8.52. The highest BCUT2D eigenvalue weighted by Gasteiger charge is 2.20. The lowest BCUT2D eigenvalue weighted by molar-refractivity contribution is 0.0985. The summed E-state index contributed by atoms with van der Waals surface area (Å²) in [6, 6.07) is 8.17. The summed E-state index contributed by atoms with van der Waals surface area (Å²) in [6.45, 7) is 5.07. The van der Waals surface area contributed by atoms with Crippen LogP contribution in [0.15, 0.2) is 36.7 Å². The molecule has 1 unspecified atom stereocenters. The van der Waals surface area contributed by atoms with E-state index in [0.29, 0.717) is 18.3 Å². The molecule has 1 fully saturated rings. The van der Waals surface area contributed by atoms with Crippen LogP contribution in [-0.4, -0.2) is 35.8 Å². The Kier molecular flexibility index (Phi) is 4.39. The highest BCUT2D eigenvalue weighted by molar-refractivity contribution is 5.69. The van der Waals surface area contributed by atoms with Crippen molar-refractivity contribution in [3.63, 3.8) is 0 Å². The predicted octanol–water partition coefficient (Wildman–Crippen LogP) is 1.90. The molecule has 1 aliphatic heterocycles. The van der Waals surface area contributed by atoms with Gasteiger partial charge in [-0.2, -0.15) is 0 Å². The van der Waals surface area contributed by atoms with Gasteiger partial charge in [-0.05, 0) is 19.1 Å². The van der Waals surface area contributed by atoms with Crippen molar-refractivity contribution in [2.24, 2.45) is 0 Å². The van der Waals surface area contributed by atoms with Crippen LogP contribution in [0.5, 0.6) is 0 Å². The smallest absolute Gasteiger partial charge is 0.131 e. The van der Waals surface area contributed by atoms with E-state index in [2.05, 4.69) is 27.1 Å². The van der Waals surface area contributed by atoms with Crippen LogP contribution in [-0.2, 0) is 11.3 Å². The minimum Gasteiger partial charge on any atom is -0.396 e. The third kappa shape index (κ3) is 3.28. The first kappa shape index (κ1) is 14.6. The Hall–Kier alpha value is -2.34. The summed E-state index contributed by atoms with van der Waals surface area (Å²) >= 11 is 0. The molecule has 1 aliphatic rings. The molecule has 2 aromatic rings. The molecule has 6 nitrogen and oxygen atoms in total. The van der Waals surface area contributed by atoms with E-state index in [0.717, 1.165) is 37.0 Å². The van der Waals surface area contributed by atoms with Crippen LogP contribution < -0.4 is 16.0 Å². The van der Waals surface area contributed by atoms with Gasteiger partial charge in [-0.1, -0.05) is 6.07 Å². The quantitative estimate of drug-likeness (QED) is 0.898. The summed E-state index contributed by atoms with van der Waals surface area (Å²) in [6.07, 6.45) is 3.49. The monoisotopic (exact) mass is 299 g/mol. The van der Waals surface area contributed by atoms with Crippen molar-refractivity contribution in [1.82, 2.24) is 9.97 Å². The summed E-state index contributed by atoms with van der Waals surface area (Å²) in [7, 11) is 0. The lowest BCUT2D eigenvalue weighted by Gasteiger charge is -2.34. The zero-order valence-corrected chi connectivity index (χ0v) is 12.7. The number of aromatic nitrogens is 2. The molecule has 22 heavy (non-hydrogen) atoms. The van der Waals surface area contributed by atoms with Gasteiger partial charge in [0.15, 0.2) is 0 Å². The van der Waals surface area contributed by atoms with Crippen molar-refractivity contribution in [2.75, 3.05) is 35.7 Å². The molecule has 0 saturated carbocycles. The largest absolute Gasteiger partial charge is 0.396 e. The summed E-state index contributed by atoms with van der Waals surface area (Å²) in [4.78, 5) is 11.0. The average molecular weight is 299 g/mol. The molecule has 6 heteroatoms. The molecule has 0 aliphatic carbocycles. The third-order valence-corrected chi connectivity index (χ3v) is 3.77. The molecule has 0 bridgehead atoms. The average Bonchev–Trinajstić information content (AvgIpc) is 2.56. The van der Waals surface area contributed by atoms with Gasteiger partial charge in [-0.15, -0.1) is 0 Å². The van der Waals surface area contributed by atoms with Gasteiger partial charge in [-0.25, -0.2) is 4.98 Å². The van der Waals surface area contributed by atoms with Crippen LogP contribution in [0.2, 0.25) is 0 Å². The lowest BCUT2D eigenvalue weighted by Crippen LogP contribution is -2.44. The fourth-order valence-electron chi connectivity index (χ4n) is 2.52. The van der Waals surface area contributed by atoms with Gasteiger partial charge >= 0.3 is 0 Å². The molecule has 1 atom stereocenters. The van der Waals surface area contributed by atoms with Crippen molar-refractivity contribution >= 4 is 17.2 Å². The number of ether oxygens (including phenoxy) is 1. The van der Waals surface area contributed by atoms with E-state index in [-0.39, 0.29) is 0 Å². The van der Waals surface area contributed by atoms with Crippen LogP contribution in [0.25, 0.3) is 0 Å². The van der Waals surface area contributed by atoms with Gasteiger partial charge in [0.05, 0.1) is 49.1 Å². The number of morpholine rings is 1. The minimum atomic E-state index is 0.313. The Morgan fingerprint density at radius 2 is 2.32 bits per heavy atom. The molecular weight excluding hydrogens is 278 g/mol. The van der Waals surface area contributed by atoms with Gasteiger partial charge in [0.2, 0.25) is 0 Å². The molecule has 0 amide bonds. The van der Waals surface area contributed by atoms with E-state index >= 15 is 0 Å². The molecule has 0 spiro atoms. The number of nitrogen functional groups attached to an aromatic ring is 1. The molecule has 2 aromatic heterocycles. The van der Waals surface area contributed by atoms with E-state index in [1.165, 1.54) is 0 Å². The van der Waals surface area contributed by atoms with Crippen molar-refractivity contribution < 1.29 is 4.74 Å². The highest BCUT2D eigenvalue weighted by atomic mass is 16.5. The number of nitrogens with two attached hydrogens (primary N) is 1. The topological polar surface area (TPSA) is 76.3 Å². The van der Waals surface area contributed by atoms with Crippen molar-refractivity contribution in [3.8, 4) is 0 Å². The summed E-state index contributed by atoms with van der Waals surface area (Å²) in [5.74, 6) is 0.925. The van der Waals surface area contributed by atoms with Crippen LogP contribution in [0.3, 0.4) is 0 Å². The van der Waals surface area contributed by atoms with E-state index in [1.807, 2.05) is 24.3 Å².